The van der Waals surface area contributed by atoms with Crippen molar-refractivity contribution in [3.8, 4) is 0 Å². The first-order valence-electron chi connectivity index (χ1n) is 8.00. The van der Waals surface area contributed by atoms with Gasteiger partial charge in [0, 0.05) is 6.42 Å². The van der Waals surface area contributed by atoms with Crippen molar-refractivity contribution in [2.75, 3.05) is 13.1 Å². The van der Waals surface area contributed by atoms with Crippen molar-refractivity contribution >= 4 is 5.78 Å². The Morgan fingerprint density at radius 1 is 1.29 bits per heavy atom. The van der Waals surface area contributed by atoms with Crippen molar-refractivity contribution in [1.29, 1.82) is 0 Å². The fourth-order valence-corrected chi connectivity index (χ4v) is 3.18. The van der Waals surface area contributed by atoms with E-state index in [4.69, 9.17) is 0 Å². The first kappa shape index (κ1) is 16.2. The largest absolute Gasteiger partial charge is 0.297 e. The van der Waals surface area contributed by atoms with Crippen molar-refractivity contribution < 1.29 is 9.18 Å². The number of hydrogen-bond acceptors (Lipinski definition) is 2. The summed E-state index contributed by atoms with van der Waals surface area (Å²) in [6.45, 7) is 8.06. The van der Waals surface area contributed by atoms with Crippen LogP contribution in [-0.2, 0) is 11.2 Å². The molecule has 0 N–H and O–H groups in total. The number of hydrogen-bond donors (Lipinski definition) is 0. The molecule has 1 unspecified atom stereocenters. The lowest BCUT2D eigenvalue weighted by atomic mass is 9.85. The molecule has 0 amide bonds. The van der Waals surface area contributed by atoms with Crippen LogP contribution in [0.1, 0.15) is 50.7 Å². The number of rotatable bonds is 5. The van der Waals surface area contributed by atoms with Gasteiger partial charge in [0.1, 0.15) is 5.82 Å². The number of piperidine rings is 1. The fraction of sp³-hybridized carbons (Fsp3) is 0.611. The maximum Gasteiger partial charge on any atom is 0.157 e. The number of carbonyl (C=O) groups excluding carboxylic acids is 1. The molecule has 0 spiro atoms. The minimum absolute atomic E-state index is 0.209. The van der Waals surface area contributed by atoms with E-state index in [9.17, 15) is 9.18 Å². The minimum Gasteiger partial charge on any atom is -0.297 e. The van der Waals surface area contributed by atoms with E-state index in [1.54, 1.807) is 6.07 Å². The molecule has 1 heterocycles. The summed E-state index contributed by atoms with van der Waals surface area (Å²) in [6, 6.07) is 4.70. The summed E-state index contributed by atoms with van der Waals surface area (Å²) in [6.07, 6.45) is 4.72. The molecule has 1 aliphatic heterocycles. The summed E-state index contributed by atoms with van der Waals surface area (Å²) < 4.78 is 13.4. The lowest BCUT2D eigenvalue weighted by molar-refractivity contribution is -0.130. The molecular formula is C18H26FNO. The van der Waals surface area contributed by atoms with E-state index < -0.39 is 5.54 Å². The molecule has 2 rings (SSSR count). The van der Waals surface area contributed by atoms with Gasteiger partial charge < -0.3 is 0 Å². The zero-order valence-electron chi connectivity index (χ0n) is 13.4. The van der Waals surface area contributed by atoms with Crippen LogP contribution in [0.5, 0.6) is 0 Å². The summed E-state index contributed by atoms with van der Waals surface area (Å²) in [5.41, 5.74) is 1.39. The van der Waals surface area contributed by atoms with Crippen molar-refractivity contribution in [3.63, 3.8) is 0 Å². The highest BCUT2D eigenvalue weighted by Gasteiger charge is 2.37. The first-order valence-corrected chi connectivity index (χ1v) is 8.00. The molecule has 1 saturated heterocycles. The SMILES string of the molecule is CCC(C)(C(=O)Cc1cc(F)ccc1C)N1CCCCC1. The Kier molecular flexibility index (Phi) is 5.15. The summed E-state index contributed by atoms with van der Waals surface area (Å²) >= 11 is 0. The van der Waals surface area contributed by atoms with Crippen LogP contribution in [0.25, 0.3) is 0 Å². The third kappa shape index (κ3) is 3.52. The van der Waals surface area contributed by atoms with Crippen LogP contribution >= 0.6 is 0 Å². The number of Topliss-reactive ketones (excluding diaryl/α,β-unsaturated/α-hetero) is 1. The van der Waals surface area contributed by atoms with E-state index in [1.807, 2.05) is 6.92 Å². The molecule has 0 saturated carbocycles. The predicted octanol–water partition coefficient (Wildman–Crippen LogP) is 3.90. The molecule has 1 aromatic carbocycles. The number of ketones is 1. The van der Waals surface area contributed by atoms with Crippen molar-refractivity contribution in [2.24, 2.45) is 0 Å². The monoisotopic (exact) mass is 291 g/mol. The van der Waals surface area contributed by atoms with Gasteiger partial charge in [-0.1, -0.05) is 19.4 Å². The van der Waals surface area contributed by atoms with Gasteiger partial charge in [0.25, 0.3) is 0 Å². The second-order valence-electron chi connectivity index (χ2n) is 6.35. The minimum atomic E-state index is -0.417. The predicted molar refractivity (Wildman–Crippen MR) is 84.0 cm³/mol. The van der Waals surface area contributed by atoms with E-state index in [0.717, 1.165) is 30.6 Å². The zero-order chi connectivity index (χ0) is 15.5. The Labute approximate surface area is 127 Å². The maximum atomic E-state index is 13.4. The van der Waals surface area contributed by atoms with Gasteiger partial charge in [0.15, 0.2) is 5.78 Å². The summed E-state index contributed by atoms with van der Waals surface area (Å²) in [4.78, 5) is 15.2. The van der Waals surface area contributed by atoms with E-state index in [2.05, 4.69) is 18.7 Å². The summed E-state index contributed by atoms with van der Waals surface area (Å²) in [5.74, 6) is -0.0554. The molecule has 1 fully saturated rings. The van der Waals surface area contributed by atoms with Gasteiger partial charge >= 0.3 is 0 Å². The van der Waals surface area contributed by atoms with E-state index in [0.29, 0.717) is 6.42 Å². The lowest BCUT2D eigenvalue weighted by Crippen LogP contribution is -2.54. The number of carbonyl (C=O) groups is 1. The Hall–Kier alpha value is -1.22. The Balaban J connectivity index is 2.17. The molecule has 21 heavy (non-hydrogen) atoms. The van der Waals surface area contributed by atoms with Crippen molar-refractivity contribution in [2.45, 2.75) is 58.4 Å². The number of nitrogens with zero attached hydrogens (tertiary/aromatic N) is 1. The van der Waals surface area contributed by atoms with Gasteiger partial charge in [0.2, 0.25) is 0 Å². The molecule has 0 aliphatic carbocycles. The second kappa shape index (κ2) is 6.69. The average molecular weight is 291 g/mol. The highest BCUT2D eigenvalue weighted by atomic mass is 19.1. The highest BCUT2D eigenvalue weighted by Crippen LogP contribution is 2.27. The number of likely N-dealkylation sites (tertiary alicyclic amines) is 1. The number of aryl methyl sites for hydroxylation is 1. The Bertz CT molecular complexity index is 508. The van der Waals surface area contributed by atoms with Gasteiger partial charge in [-0.2, -0.15) is 0 Å². The Morgan fingerprint density at radius 3 is 2.57 bits per heavy atom. The molecule has 0 radical (unpaired) electrons. The van der Waals surface area contributed by atoms with Crippen LogP contribution in [0, 0.1) is 12.7 Å². The molecule has 0 bridgehead atoms. The lowest BCUT2D eigenvalue weighted by Gasteiger charge is -2.42. The zero-order valence-corrected chi connectivity index (χ0v) is 13.4. The van der Waals surface area contributed by atoms with Crippen LogP contribution < -0.4 is 0 Å². The quantitative estimate of drug-likeness (QED) is 0.820. The van der Waals surface area contributed by atoms with Crippen molar-refractivity contribution in [1.82, 2.24) is 4.90 Å². The third-order valence-electron chi connectivity index (χ3n) is 5.01. The van der Waals surface area contributed by atoms with Crippen LogP contribution in [0.2, 0.25) is 0 Å². The molecule has 116 valence electrons. The summed E-state index contributed by atoms with van der Waals surface area (Å²) in [5, 5.41) is 0. The Morgan fingerprint density at radius 2 is 1.95 bits per heavy atom. The molecular weight excluding hydrogens is 265 g/mol. The normalized spacial score (nSPS) is 19.2. The van der Waals surface area contributed by atoms with Crippen LogP contribution in [0.3, 0.4) is 0 Å². The number of halogens is 1. The average Bonchev–Trinajstić information content (AvgIpc) is 2.51. The smallest absolute Gasteiger partial charge is 0.157 e. The van der Waals surface area contributed by atoms with Crippen molar-refractivity contribution in [3.05, 3.63) is 35.1 Å². The maximum absolute atomic E-state index is 13.4. The molecule has 1 atom stereocenters. The van der Waals surface area contributed by atoms with Gasteiger partial charge in [-0.25, -0.2) is 4.39 Å². The van der Waals surface area contributed by atoms with Crippen LogP contribution in [0.15, 0.2) is 18.2 Å². The molecule has 2 nitrogen and oxygen atoms in total. The third-order valence-corrected chi connectivity index (χ3v) is 5.01. The van der Waals surface area contributed by atoms with Crippen LogP contribution in [0.4, 0.5) is 4.39 Å². The molecule has 1 aliphatic rings. The first-order chi connectivity index (χ1) is 9.97. The summed E-state index contributed by atoms with van der Waals surface area (Å²) in [7, 11) is 0. The molecule has 3 heteroatoms. The molecule has 1 aromatic rings. The van der Waals surface area contributed by atoms with E-state index >= 15 is 0 Å². The van der Waals surface area contributed by atoms with Gasteiger partial charge in [0.05, 0.1) is 5.54 Å². The number of benzene rings is 1. The molecule has 0 aromatic heterocycles. The van der Waals surface area contributed by atoms with Gasteiger partial charge in [-0.05, 0) is 69.5 Å². The fourth-order valence-electron chi connectivity index (χ4n) is 3.18. The van der Waals surface area contributed by atoms with Gasteiger partial charge in [-0.3, -0.25) is 9.69 Å². The van der Waals surface area contributed by atoms with E-state index in [-0.39, 0.29) is 11.6 Å². The topological polar surface area (TPSA) is 20.3 Å². The van der Waals surface area contributed by atoms with Gasteiger partial charge in [-0.15, -0.1) is 0 Å². The highest BCUT2D eigenvalue weighted by molar-refractivity contribution is 5.90. The van der Waals surface area contributed by atoms with Crippen LogP contribution in [-0.4, -0.2) is 29.3 Å². The standard InChI is InChI=1S/C18H26FNO/c1-4-18(3,20-10-6-5-7-11-20)17(21)13-15-12-16(19)9-8-14(15)2/h8-9,12H,4-7,10-11,13H2,1-3H3. The van der Waals surface area contributed by atoms with E-state index in [1.165, 1.54) is 31.4 Å². The second-order valence-corrected chi connectivity index (χ2v) is 6.35.